The van der Waals surface area contributed by atoms with E-state index in [1.807, 2.05) is 14.1 Å². The van der Waals surface area contributed by atoms with Crippen molar-refractivity contribution in [1.82, 2.24) is 0 Å². The van der Waals surface area contributed by atoms with Gasteiger partial charge in [0.25, 0.3) is 0 Å². The maximum absolute atomic E-state index is 6.20. The summed E-state index contributed by atoms with van der Waals surface area (Å²) in [5.41, 5.74) is 10.1. The Labute approximate surface area is 207 Å². The first-order valence-electron chi connectivity index (χ1n) is 12.8. The molecule has 0 fully saturated rings. The molecule has 0 saturated heterocycles. The van der Waals surface area contributed by atoms with Crippen LogP contribution in [0.25, 0.3) is 0 Å². The van der Waals surface area contributed by atoms with Crippen molar-refractivity contribution in [2.45, 2.75) is 65.7 Å². The molecule has 0 spiro atoms. The molecule has 34 heavy (non-hydrogen) atoms. The first kappa shape index (κ1) is 25.7. The third kappa shape index (κ3) is 6.14. The zero-order valence-corrected chi connectivity index (χ0v) is 21.9. The molecule has 3 rings (SSSR count). The standard InChI is InChI=1S/C31H42N2O/c1-7-9-11-24-21-27(14-17-30(24)34-18-10-8-2)31(25-12-15-28(32-5)22(3)19-25)26-13-16-29(33-6)23(4)20-26/h12-17,19-21,31-33H,7-11,18H2,1-6H3. The lowest BCUT2D eigenvalue weighted by atomic mass is 9.82. The van der Waals surface area contributed by atoms with E-state index in [9.17, 15) is 0 Å². The van der Waals surface area contributed by atoms with Crippen molar-refractivity contribution in [2.24, 2.45) is 0 Å². The van der Waals surface area contributed by atoms with E-state index < -0.39 is 0 Å². The highest BCUT2D eigenvalue weighted by atomic mass is 16.5. The van der Waals surface area contributed by atoms with Gasteiger partial charge in [-0.2, -0.15) is 0 Å². The Bertz CT molecular complexity index is 1020. The number of ether oxygens (including phenoxy) is 1. The minimum atomic E-state index is 0.166. The number of hydrogen-bond donors (Lipinski definition) is 2. The molecule has 0 saturated carbocycles. The Hall–Kier alpha value is -2.94. The van der Waals surface area contributed by atoms with Gasteiger partial charge in [-0.05, 0) is 84.7 Å². The number of rotatable bonds is 12. The van der Waals surface area contributed by atoms with Crippen LogP contribution in [-0.2, 0) is 6.42 Å². The lowest BCUT2D eigenvalue weighted by molar-refractivity contribution is 0.306. The SMILES string of the molecule is CCCCOc1ccc(C(c2ccc(NC)c(C)c2)c2ccc(NC)c(C)c2)cc1CCCC. The van der Waals surface area contributed by atoms with Gasteiger partial charge in [-0.3, -0.25) is 0 Å². The minimum Gasteiger partial charge on any atom is -0.493 e. The van der Waals surface area contributed by atoms with Gasteiger partial charge in [0.2, 0.25) is 0 Å². The fraction of sp³-hybridized carbons (Fsp3) is 0.419. The molecule has 0 aliphatic carbocycles. The molecular formula is C31H42N2O. The molecule has 0 bridgehead atoms. The Kier molecular flexibility index (Phi) is 9.44. The molecule has 0 aliphatic heterocycles. The lowest BCUT2D eigenvalue weighted by Crippen LogP contribution is -2.08. The quantitative estimate of drug-likeness (QED) is 0.212. The fourth-order valence-electron chi connectivity index (χ4n) is 4.68. The summed E-state index contributed by atoms with van der Waals surface area (Å²) in [6.07, 6.45) is 5.63. The van der Waals surface area contributed by atoms with Crippen molar-refractivity contribution in [3.05, 3.63) is 88.0 Å². The Morgan fingerprint density at radius 1 is 0.706 bits per heavy atom. The molecule has 0 amide bonds. The molecule has 3 aromatic rings. The third-order valence-electron chi connectivity index (χ3n) is 6.68. The predicted octanol–water partition coefficient (Wildman–Crippen LogP) is 8.09. The van der Waals surface area contributed by atoms with Crippen molar-refractivity contribution in [3.8, 4) is 5.75 Å². The zero-order valence-electron chi connectivity index (χ0n) is 21.9. The Balaban J connectivity index is 2.11. The topological polar surface area (TPSA) is 33.3 Å². The van der Waals surface area contributed by atoms with E-state index >= 15 is 0 Å². The largest absolute Gasteiger partial charge is 0.493 e. The van der Waals surface area contributed by atoms with E-state index in [1.165, 1.54) is 57.6 Å². The highest BCUT2D eigenvalue weighted by molar-refractivity contribution is 5.58. The first-order valence-corrected chi connectivity index (χ1v) is 12.8. The van der Waals surface area contributed by atoms with Crippen molar-refractivity contribution in [1.29, 1.82) is 0 Å². The molecule has 0 unspecified atom stereocenters. The van der Waals surface area contributed by atoms with E-state index in [0.717, 1.165) is 31.6 Å². The second-order valence-electron chi connectivity index (χ2n) is 9.25. The lowest BCUT2D eigenvalue weighted by Gasteiger charge is -2.23. The first-order chi connectivity index (χ1) is 16.5. The smallest absolute Gasteiger partial charge is 0.122 e. The van der Waals surface area contributed by atoms with Gasteiger partial charge >= 0.3 is 0 Å². The molecule has 0 aliphatic rings. The second kappa shape index (κ2) is 12.5. The summed E-state index contributed by atoms with van der Waals surface area (Å²) < 4.78 is 6.20. The summed E-state index contributed by atoms with van der Waals surface area (Å²) in [5.74, 6) is 1.21. The van der Waals surface area contributed by atoms with Gasteiger partial charge in [-0.15, -0.1) is 0 Å². The van der Waals surface area contributed by atoms with Crippen LogP contribution in [0.1, 0.15) is 78.8 Å². The third-order valence-corrected chi connectivity index (χ3v) is 6.68. The van der Waals surface area contributed by atoms with Crippen molar-refractivity contribution < 1.29 is 4.74 Å². The van der Waals surface area contributed by atoms with Crippen LogP contribution in [0.15, 0.2) is 54.6 Å². The van der Waals surface area contributed by atoms with E-state index in [4.69, 9.17) is 4.74 Å². The van der Waals surface area contributed by atoms with Gasteiger partial charge in [0.1, 0.15) is 5.75 Å². The Morgan fingerprint density at radius 3 is 1.74 bits per heavy atom. The number of benzene rings is 3. The van der Waals surface area contributed by atoms with Gasteiger partial charge in [-0.1, -0.05) is 63.1 Å². The monoisotopic (exact) mass is 458 g/mol. The van der Waals surface area contributed by atoms with Gasteiger partial charge in [-0.25, -0.2) is 0 Å². The van der Waals surface area contributed by atoms with Crippen LogP contribution in [0.3, 0.4) is 0 Å². The number of unbranched alkanes of at least 4 members (excludes halogenated alkanes) is 2. The average Bonchev–Trinajstić information content (AvgIpc) is 2.84. The molecule has 182 valence electrons. The summed E-state index contributed by atoms with van der Waals surface area (Å²) in [6.45, 7) is 9.60. The number of nitrogens with one attached hydrogen (secondary N) is 2. The average molecular weight is 459 g/mol. The van der Waals surface area contributed by atoms with Gasteiger partial charge in [0.15, 0.2) is 0 Å². The highest BCUT2D eigenvalue weighted by Gasteiger charge is 2.20. The number of aryl methyl sites for hydroxylation is 3. The summed E-state index contributed by atoms with van der Waals surface area (Å²) in [4.78, 5) is 0. The predicted molar refractivity (Wildman–Crippen MR) is 148 cm³/mol. The van der Waals surface area contributed by atoms with Crippen LogP contribution in [0.2, 0.25) is 0 Å². The van der Waals surface area contributed by atoms with Gasteiger partial charge < -0.3 is 15.4 Å². The van der Waals surface area contributed by atoms with Crippen LogP contribution in [0.5, 0.6) is 5.75 Å². The van der Waals surface area contributed by atoms with Crippen LogP contribution in [0.4, 0.5) is 11.4 Å². The highest BCUT2D eigenvalue weighted by Crippen LogP contribution is 2.37. The molecular weight excluding hydrogens is 416 g/mol. The Morgan fingerprint density at radius 2 is 1.24 bits per heavy atom. The molecule has 3 heteroatoms. The summed E-state index contributed by atoms with van der Waals surface area (Å²) in [7, 11) is 3.97. The van der Waals surface area contributed by atoms with Crippen LogP contribution in [-0.4, -0.2) is 20.7 Å². The normalized spacial score (nSPS) is 11.0. The maximum atomic E-state index is 6.20. The number of hydrogen-bond acceptors (Lipinski definition) is 3. The molecule has 2 N–H and O–H groups in total. The zero-order chi connectivity index (χ0) is 24.5. The number of anilines is 2. The van der Waals surface area contributed by atoms with E-state index in [1.54, 1.807) is 0 Å². The van der Waals surface area contributed by atoms with Crippen LogP contribution in [0, 0.1) is 13.8 Å². The molecule has 0 radical (unpaired) electrons. The molecule has 3 nitrogen and oxygen atoms in total. The van der Waals surface area contributed by atoms with E-state index in [2.05, 4.69) is 92.9 Å². The molecule has 3 aromatic carbocycles. The fourth-order valence-corrected chi connectivity index (χ4v) is 4.68. The van der Waals surface area contributed by atoms with Crippen molar-refractivity contribution >= 4 is 11.4 Å². The molecule has 0 atom stereocenters. The summed E-state index contributed by atoms with van der Waals surface area (Å²) in [5, 5.41) is 6.61. The van der Waals surface area contributed by atoms with E-state index in [0.29, 0.717) is 0 Å². The summed E-state index contributed by atoms with van der Waals surface area (Å²) >= 11 is 0. The second-order valence-corrected chi connectivity index (χ2v) is 9.25. The maximum Gasteiger partial charge on any atom is 0.122 e. The van der Waals surface area contributed by atoms with Crippen LogP contribution < -0.4 is 15.4 Å². The van der Waals surface area contributed by atoms with E-state index in [-0.39, 0.29) is 5.92 Å². The molecule has 0 heterocycles. The summed E-state index contributed by atoms with van der Waals surface area (Å²) in [6, 6.07) is 20.5. The van der Waals surface area contributed by atoms with Gasteiger partial charge in [0, 0.05) is 31.4 Å². The van der Waals surface area contributed by atoms with Gasteiger partial charge in [0.05, 0.1) is 6.61 Å². The minimum absolute atomic E-state index is 0.166. The van der Waals surface area contributed by atoms with Crippen LogP contribution >= 0.6 is 0 Å². The van der Waals surface area contributed by atoms with Crippen molar-refractivity contribution in [2.75, 3.05) is 31.3 Å². The molecule has 0 aromatic heterocycles. The van der Waals surface area contributed by atoms with Crippen molar-refractivity contribution in [3.63, 3.8) is 0 Å².